The number of fused-ring (bicyclic) bond motifs is 7. The van der Waals surface area contributed by atoms with Crippen molar-refractivity contribution >= 4 is 0 Å². The molecule has 0 fully saturated rings. The van der Waals surface area contributed by atoms with E-state index in [9.17, 15) is 0 Å². The maximum Gasteiger partial charge on any atom is 0.213 e. The van der Waals surface area contributed by atoms with Crippen LogP contribution < -0.4 is 9.47 Å². The van der Waals surface area contributed by atoms with Crippen molar-refractivity contribution in [1.29, 1.82) is 0 Å². The number of para-hydroxylation sites is 1. The number of pyridine rings is 1. The minimum absolute atomic E-state index is 0.406. The van der Waals surface area contributed by atoms with Gasteiger partial charge in [0.15, 0.2) is 0 Å². The molecule has 2 aliphatic heterocycles. The van der Waals surface area contributed by atoms with Crippen molar-refractivity contribution in [3.63, 3.8) is 0 Å². The van der Waals surface area contributed by atoms with E-state index in [0.717, 1.165) is 22.8 Å². The van der Waals surface area contributed by atoms with Crippen LogP contribution in [-0.4, -0.2) is 28.5 Å². The largest absolute Gasteiger partial charge is 0.490 e. The molecular weight excluding hydrogens is 278 g/mol. The second kappa shape index (κ2) is 3.88. The van der Waals surface area contributed by atoms with Gasteiger partial charge in [-0.25, -0.2) is 9.67 Å². The molecule has 0 radical (unpaired) electrons. The second-order valence-electron chi connectivity index (χ2n) is 5.54. The average Bonchev–Trinajstić information content (AvgIpc) is 3.24. The molecule has 1 unspecified atom stereocenters. The predicted molar refractivity (Wildman–Crippen MR) is 79.7 cm³/mol. The highest BCUT2D eigenvalue weighted by Crippen LogP contribution is 2.52. The quantitative estimate of drug-likeness (QED) is 0.690. The second-order valence-corrected chi connectivity index (χ2v) is 5.54. The molecule has 2 aromatic heterocycles. The van der Waals surface area contributed by atoms with Crippen molar-refractivity contribution in [2.75, 3.05) is 13.7 Å². The van der Waals surface area contributed by atoms with Crippen molar-refractivity contribution in [3.05, 3.63) is 65.6 Å². The molecule has 22 heavy (non-hydrogen) atoms. The number of aromatic nitrogens is 3. The van der Waals surface area contributed by atoms with Gasteiger partial charge in [0.2, 0.25) is 5.88 Å². The van der Waals surface area contributed by atoms with E-state index in [-0.39, 0.29) is 0 Å². The van der Waals surface area contributed by atoms with Gasteiger partial charge in [-0.3, -0.25) is 0 Å². The smallest absolute Gasteiger partial charge is 0.213 e. The molecule has 0 N–H and O–H groups in total. The van der Waals surface area contributed by atoms with Gasteiger partial charge >= 0.3 is 0 Å². The van der Waals surface area contributed by atoms with Gasteiger partial charge in [0, 0.05) is 12.3 Å². The summed E-state index contributed by atoms with van der Waals surface area (Å²) in [5.74, 6) is 1.41. The van der Waals surface area contributed by atoms with Crippen LogP contribution in [0.5, 0.6) is 11.6 Å². The van der Waals surface area contributed by atoms with Crippen molar-refractivity contribution in [1.82, 2.24) is 14.8 Å². The zero-order chi connectivity index (χ0) is 14.7. The summed E-state index contributed by atoms with van der Waals surface area (Å²) in [5, 5.41) is 4.47. The Bertz CT molecular complexity index is 902. The number of benzene rings is 1. The number of rotatable bonds is 1. The van der Waals surface area contributed by atoms with Crippen LogP contribution in [0.4, 0.5) is 0 Å². The lowest BCUT2D eigenvalue weighted by Gasteiger charge is -2.22. The minimum atomic E-state index is -0.406. The number of nitrogens with zero attached hydrogens (tertiary/aromatic N) is 3. The van der Waals surface area contributed by atoms with E-state index in [4.69, 9.17) is 14.5 Å². The molecule has 3 aromatic rings. The molecule has 0 aliphatic carbocycles. The van der Waals surface area contributed by atoms with Gasteiger partial charge in [0.1, 0.15) is 23.5 Å². The predicted octanol–water partition coefficient (Wildman–Crippen LogP) is 2.32. The Kier molecular flexibility index (Phi) is 2.08. The molecule has 5 nitrogen and oxygen atoms in total. The van der Waals surface area contributed by atoms with E-state index in [1.165, 1.54) is 5.56 Å². The van der Waals surface area contributed by atoms with Crippen LogP contribution in [0.3, 0.4) is 0 Å². The maximum atomic E-state index is 5.96. The summed E-state index contributed by atoms with van der Waals surface area (Å²) in [5.41, 5.74) is 3.85. The van der Waals surface area contributed by atoms with Crippen LogP contribution in [-0.2, 0) is 5.41 Å². The number of hydrogen-bond donors (Lipinski definition) is 0. The molecule has 0 bridgehead atoms. The van der Waals surface area contributed by atoms with E-state index in [1.807, 2.05) is 41.2 Å². The third-order valence-electron chi connectivity index (χ3n) is 4.56. The first-order valence-corrected chi connectivity index (χ1v) is 7.17. The SMILES string of the molecule is COc1ccc2c(n1)C1(CO2)c2ccccc2-n2nccc21. The minimum Gasteiger partial charge on any atom is -0.490 e. The van der Waals surface area contributed by atoms with E-state index < -0.39 is 5.41 Å². The van der Waals surface area contributed by atoms with Gasteiger partial charge in [-0.05, 0) is 23.8 Å². The molecule has 5 heteroatoms. The molecule has 1 spiro atoms. The molecule has 5 rings (SSSR count). The normalized spacial score (nSPS) is 20.4. The van der Waals surface area contributed by atoms with Gasteiger partial charge in [-0.2, -0.15) is 5.10 Å². The zero-order valence-corrected chi connectivity index (χ0v) is 12.0. The fourth-order valence-corrected chi connectivity index (χ4v) is 3.59. The third kappa shape index (κ3) is 1.20. The lowest BCUT2D eigenvalue weighted by Crippen LogP contribution is -2.29. The number of methoxy groups -OCH3 is 1. The Morgan fingerprint density at radius 2 is 2.09 bits per heavy atom. The first-order valence-electron chi connectivity index (χ1n) is 7.17. The van der Waals surface area contributed by atoms with Crippen LogP contribution in [0.25, 0.3) is 5.69 Å². The van der Waals surface area contributed by atoms with E-state index >= 15 is 0 Å². The van der Waals surface area contributed by atoms with Crippen LogP contribution in [0.2, 0.25) is 0 Å². The van der Waals surface area contributed by atoms with Gasteiger partial charge < -0.3 is 9.47 Å². The molecule has 0 amide bonds. The molecule has 2 aliphatic rings. The standard InChI is InChI=1S/C17H13N3O2/c1-21-15-7-6-13-16(19-15)17(10-22-13)11-4-2-3-5-12(11)20-14(17)8-9-18-20/h2-9H,10H2,1H3. The van der Waals surface area contributed by atoms with Gasteiger partial charge in [-0.1, -0.05) is 18.2 Å². The van der Waals surface area contributed by atoms with Crippen molar-refractivity contribution in [2.45, 2.75) is 5.41 Å². The molecule has 1 aromatic carbocycles. The summed E-state index contributed by atoms with van der Waals surface area (Å²) in [6, 6.07) is 14.1. The highest BCUT2D eigenvalue weighted by Gasteiger charge is 2.52. The summed E-state index contributed by atoms with van der Waals surface area (Å²) < 4.78 is 13.3. The summed E-state index contributed by atoms with van der Waals surface area (Å²) in [6.45, 7) is 0.533. The number of hydrogen-bond acceptors (Lipinski definition) is 4. The van der Waals surface area contributed by atoms with Gasteiger partial charge in [0.05, 0.1) is 18.5 Å². The summed E-state index contributed by atoms with van der Waals surface area (Å²) in [4.78, 5) is 4.70. The van der Waals surface area contributed by atoms with E-state index in [0.29, 0.717) is 12.5 Å². The average molecular weight is 291 g/mol. The summed E-state index contributed by atoms with van der Waals surface area (Å²) in [7, 11) is 1.63. The first kappa shape index (κ1) is 11.8. The fraction of sp³-hybridized carbons (Fsp3) is 0.176. The highest BCUT2D eigenvalue weighted by molar-refractivity contribution is 5.65. The Morgan fingerprint density at radius 3 is 3.00 bits per heavy atom. The zero-order valence-electron chi connectivity index (χ0n) is 12.0. The Morgan fingerprint density at radius 1 is 1.18 bits per heavy atom. The lowest BCUT2D eigenvalue weighted by atomic mass is 9.77. The highest BCUT2D eigenvalue weighted by atomic mass is 16.5. The fourth-order valence-electron chi connectivity index (χ4n) is 3.59. The topological polar surface area (TPSA) is 49.2 Å². The molecular formula is C17H13N3O2. The Hall–Kier alpha value is -2.82. The lowest BCUT2D eigenvalue weighted by molar-refractivity contribution is 0.313. The molecule has 108 valence electrons. The molecule has 0 saturated carbocycles. The monoisotopic (exact) mass is 291 g/mol. The number of ether oxygens (including phenoxy) is 2. The van der Waals surface area contributed by atoms with Crippen molar-refractivity contribution in [3.8, 4) is 17.3 Å². The summed E-state index contributed by atoms with van der Waals surface area (Å²) in [6.07, 6.45) is 1.82. The Balaban J connectivity index is 1.88. The van der Waals surface area contributed by atoms with Gasteiger partial charge in [-0.15, -0.1) is 0 Å². The third-order valence-corrected chi connectivity index (χ3v) is 4.56. The van der Waals surface area contributed by atoms with E-state index in [2.05, 4.69) is 17.2 Å². The van der Waals surface area contributed by atoms with Gasteiger partial charge in [0.25, 0.3) is 0 Å². The molecule has 1 atom stereocenters. The van der Waals surface area contributed by atoms with Crippen LogP contribution >= 0.6 is 0 Å². The first-order chi connectivity index (χ1) is 10.8. The summed E-state index contributed by atoms with van der Waals surface area (Å²) >= 11 is 0. The Labute approximate surface area is 127 Å². The van der Waals surface area contributed by atoms with Crippen molar-refractivity contribution < 1.29 is 9.47 Å². The van der Waals surface area contributed by atoms with Crippen molar-refractivity contribution in [2.24, 2.45) is 0 Å². The van der Waals surface area contributed by atoms with Crippen LogP contribution in [0.1, 0.15) is 17.0 Å². The molecule has 4 heterocycles. The van der Waals surface area contributed by atoms with Crippen LogP contribution in [0, 0.1) is 0 Å². The van der Waals surface area contributed by atoms with Crippen LogP contribution in [0.15, 0.2) is 48.7 Å². The van der Waals surface area contributed by atoms with E-state index in [1.54, 1.807) is 7.11 Å². The molecule has 0 saturated heterocycles. The maximum absolute atomic E-state index is 5.96.